The maximum atomic E-state index is 12.5. The van der Waals surface area contributed by atoms with Crippen molar-refractivity contribution >= 4 is 11.9 Å². The van der Waals surface area contributed by atoms with Crippen molar-refractivity contribution in [1.29, 1.82) is 0 Å². The van der Waals surface area contributed by atoms with E-state index in [4.69, 9.17) is 0 Å². The number of carboxylic acid groups (broad SMARTS) is 1. The first kappa shape index (κ1) is 16.0. The van der Waals surface area contributed by atoms with Crippen LogP contribution in [0, 0.1) is 11.3 Å². The van der Waals surface area contributed by atoms with Gasteiger partial charge in [-0.25, -0.2) is 0 Å². The number of amides is 1. The number of nitrogens with zero attached hydrogens (tertiary/aromatic N) is 1. The first-order chi connectivity index (χ1) is 8.75. The van der Waals surface area contributed by atoms with Crippen molar-refractivity contribution in [3.05, 3.63) is 0 Å². The Kier molecular flexibility index (Phi) is 5.39. The molecule has 0 aromatic heterocycles. The maximum absolute atomic E-state index is 12.5. The van der Waals surface area contributed by atoms with Crippen LogP contribution in [0.25, 0.3) is 0 Å². The van der Waals surface area contributed by atoms with Gasteiger partial charge in [0.1, 0.15) is 5.92 Å². The molecule has 4 nitrogen and oxygen atoms in total. The standard InChI is InChI=1S/C15H27NO3/c1-15(2,3)12(14(18)19)13(17)16(4)11-9-7-5-6-8-10-11/h11-12H,5-10H2,1-4H3,(H,18,19). The van der Waals surface area contributed by atoms with E-state index >= 15 is 0 Å². The van der Waals surface area contributed by atoms with E-state index in [1.165, 1.54) is 12.8 Å². The van der Waals surface area contributed by atoms with Crippen LogP contribution >= 0.6 is 0 Å². The van der Waals surface area contributed by atoms with Crippen LogP contribution < -0.4 is 0 Å². The fourth-order valence-electron chi connectivity index (χ4n) is 2.88. The predicted molar refractivity (Wildman–Crippen MR) is 74.8 cm³/mol. The number of rotatable bonds is 3. The van der Waals surface area contributed by atoms with E-state index in [9.17, 15) is 14.7 Å². The molecule has 0 radical (unpaired) electrons. The van der Waals surface area contributed by atoms with Gasteiger partial charge in [-0.1, -0.05) is 46.5 Å². The van der Waals surface area contributed by atoms with Crippen molar-refractivity contribution in [1.82, 2.24) is 4.90 Å². The monoisotopic (exact) mass is 269 g/mol. The summed E-state index contributed by atoms with van der Waals surface area (Å²) >= 11 is 0. The Morgan fingerprint density at radius 1 is 1.11 bits per heavy atom. The lowest BCUT2D eigenvalue weighted by molar-refractivity contribution is -0.156. The summed E-state index contributed by atoms with van der Waals surface area (Å²) < 4.78 is 0. The topological polar surface area (TPSA) is 57.6 Å². The van der Waals surface area contributed by atoms with Crippen LogP contribution in [0.2, 0.25) is 0 Å². The predicted octanol–water partition coefficient (Wildman–Crippen LogP) is 2.91. The van der Waals surface area contributed by atoms with Gasteiger partial charge in [-0.05, 0) is 18.3 Å². The Morgan fingerprint density at radius 2 is 1.58 bits per heavy atom. The fourth-order valence-corrected chi connectivity index (χ4v) is 2.88. The molecule has 0 aliphatic heterocycles. The molecule has 1 fully saturated rings. The second kappa shape index (κ2) is 6.40. The Bertz CT molecular complexity index is 325. The minimum Gasteiger partial charge on any atom is -0.481 e. The molecule has 1 rings (SSSR count). The van der Waals surface area contributed by atoms with Gasteiger partial charge in [0, 0.05) is 13.1 Å². The molecule has 1 atom stereocenters. The third kappa shape index (κ3) is 4.22. The number of carbonyl (C=O) groups is 2. The molecule has 1 unspecified atom stereocenters. The maximum Gasteiger partial charge on any atom is 0.316 e. The van der Waals surface area contributed by atoms with Gasteiger partial charge in [0.15, 0.2) is 0 Å². The number of aliphatic carboxylic acids is 1. The van der Waals surface area contributed by atoms with Crippen LogP contribution in [-0.4, -0.2) is 35.0 Å². The van der Waals surface area contributed by atoms with Gasteiger partial charge >= 0.3 is 5.97 Å². The summed E-state index contributed by atoms with van der Waals surface area (Å²) in [4.78, 5) is 25.6. The van der Waals surface area contributed by atoms with Crippen LogP contribution in [0.3, 0.4) is 0 Å². The molecular weight excluding hydrogens is 242 g/mol. The molecule has 110 valence electrons. The Balaban J connectivity index is 2.81. The molecule has 1 saturated carbocycles. The first-order valence-corrected chi connectivity index (χ1v) is 7.24. The van der Waals surface area contributed by atoms with Gasteiger partial charge in [-0.2, -0.15) is 0 Å². The van der Waals surface area contributed by atoms with Gasteiger partial charge in [0.25, 0.3) is 0 Å². The number of carboxylic acids is 1. The average molecular weight is 269 g/mol. The van der Waals surface area contributed by atoms with Crippen LogP contribution in [0.5, 0.6) is 0 Å². The largest absolute Gasteiger partial charge is 0.481 e. The molecule has 1 amide bonds. The summed E-state index contributed by atoms with van der Waals surface area (Å²) in [6.45, 7) is 5.43. The van der Waals surface area contributed by atoms with Crippen LogP contribution in [0.15, 0.2) is 0 Å². The third-order valence-electron chi connectivity index (χ3n) is 4.08. The van der Waals surface area contributed by atoms with Crippen molar-refractivity contribution in [2.75, 3.05) is 7.05 Å². The zero-order chi connectivity index (χ0) is 14.6. The number of hydrogen-bond acceptors (Lipinski definition) is 2. The Hall–Kier alpha value is -1.06. The lowest BCUT2D eigenvalue weighted by Gasteiger charge is -2.34. The first-order valence-electron chi connectivity index (χ1n) is 7.24. The average Bonchev–Trinajstić information content (AvgIpc) is 2.53. The van der Waals surface area contributed by atoms with Crippen molar-refractivity contribution in [2.24, 2.45) is 11.3 Å². The SMILES string of the molecule is CN(C(=O)C(C(=O)O)C(C)(C)C)C1CCCCCC1. The van der Waals surface area contributed by atoms with E-state index < -0.39 is 17.3 Å². The summed E-state index contributed by atoms with van der Waals surface area (Å²) in [6, 6.07) is 0.208. The van der Waals surface area contributed by atoms with E-state index in [2.05, 4.69) is 0 Å². The van der Waals surface area contributed by atoms with Crippen molar-refractivity contribution in [3.8, 4) is 0 Å². The van der Waals surface area contributed by atoms with E-state index in [1.807, 2.05) is 20.8 Å². The highest BCUT2D eigenvalue weighted by Gasteiger charge is 2.40. The summed E-state index contributed by atoms with van der Waals surface area (Å²) in [5.41, 5.74) is -0.554. The van der Waals surface area contributed by atoms with E-state index in [1.54, 1.807) is 11.9 Å². The quantitative estimate of drug-likeness (QED) is 0.633. The summed E-state index contributed by atoms with van der Waals surface area (Å²) in [7, 11) is 1.76. The fraction of sp³-hybridized carbons (Fsp3) is 0.867. The zero-order valence-electron chi connectivity index (χ0n) is 12.6. The Morgan fingerprint density at radius 3 is 1.95 bits per heavy atom. The van der Waals surface area contributed by atoms with Crippen LogP contribution in [0.4, 0.5) is 0 Å². The molecule has 1 aliphatic rings. The third-order valence-corrected chi connectivity index (χ3v) is 4.08. The molecule has 1 N–H and O–H groups in total. The molecule has 4 heteroatoms. The number of carbonyl (C=O) groups excluding carboxylic acids is 1. The second-order valence-corrected chi connectivity index (χ2v) is 6.73. The minimum atomic E-state index is -1.02. The molecular formula is C15H27NO3. The van der Waals surface area contributed by atoms with Crippen molar-refractivity contribution in [3.63, 3.8) is 0 Å². The molecule has 0 heterocycles. The van der Waals surface area contributed by atoms with Gasteiger partial charge in [0.2, 0.25) is 5.91 Å². The molecule has 0 spiro atoms. The van der Waals surface area contributed by atoms with Crippen molar-refractivity contribution in [2.45, 2.75) is 65.3 Å². The van der Waals surface area contributed by atoms with E-state index in [-0.39, 0.29) is 11.9 Å². The Labute approximate surface area is 116 Å². The second-order valence-electron chi connectivity index (χ2n) is 6.73. The minimum absolute atomic E-state index is 0.208. The molecule has 0 aromatic rings. The molecule has 19 heavy (non-hydrogen) atoms. The van der Waals surface area contributed by atoms with Gasteiger partial charge in [-0.15, -0.1) is 0 Å². The highest BCUT2D eigenvalue weighted by atomic mass is 16.4. The van der Waals surface area contributed by atoms with Gasteiger partial charge in [-0.3, -0.25) is 9.59 Å². The highest BCUT2D eigenvalue weighted by Crippen LogP contribution is 2.30. The normalized spacial score (nSPS) is 19.6. The van der Waals surface area contributed by atoms with Crippen molar-refractivity contribution < 1.29 is 14.7 Å². The van der Waals surface area contributed by atoms with E-state index in [0.29, 0.717) is 0 Å². The molecule has 1 aliphatic carbocycles. The highest BCUT2D eigenvalue weighted by molar-refractivity contribution is 5.97. The number of hydrogen-bond donors (Lipinski definition) is 1. The molecule has 0 bridgehead atoms. The smallest absolute Gasteiger partial charge is 0.316 e. The lowest BCUT2D eigenvalue weighted by atomic mass is 9.79. The summed E-state index contributed by atoms with van der Waals surface area (Å²) in [5.74, 6) is -2.22. The summed E-state index contributed by atoms with van der Waals surface area (Å²) in [5, 5.41) is 9.33. The van der Waals surface area contributed by atoms with E-state index in [0.717, 1.165) is 25.7 Å². The lowest BCUT2D eigenvalue weighted by Crippen LogP contribution is -2.47. The van der Waals surface area contributed by atoms with Gasteiger partial charge < -0.3 is 10.0 Å². The van der Waals surface area contributed by atoms with Gasteiger partial charge in [0.05, 0.1) is 0 Å². The summed E-state index contributed by atoms with van der Waals surface area (Å²) in [6.07, 6.45) is 6.71. The molecule has 0 saturated heterocycles. The van der Waals surface area contributed by atoms with Crippen LogP contribution in [0.1, 0.15) is 59.3 Å². The molecule has 0 aromatic carbocycles. The zero-order valence-corrected chi connectivity index (χ0v) is 12.6. The van der Waals surface area contributed by atoms with Crippen LogP contribution in [-0.2, 0) is 9.59 Å².